The molecule has 0 spiro atoms. The minimum Gasteiger partial charge on any atom is -0.383 e. The summed E-state index contributed by atoms with van der Waals surface area (Å²) in [7, 11) is 1.62. The Morgan fingerprint density at radius 3 is 2.89 bits per heavy atom. The van der Waals surface area contributed by atoms with Crippen molar-refractivity contribution >= 4 is 22.8 Å². The van der Waals surface area contributed by atoms with Crippen molar-refractivity contribution in [1.82, 2.24) is 5.32 Å². The Hall–Kier alpha value is -0.550. The van der Waals surface area contributed by atoms with E-state index < -0.39 is 4.75 Å². The van der Waals surface area contributed by atoms with Gasteiger partial charge in [0.2, 0.25) is 0 Å². The molecular formula is C14H24N2O2S. The Morgan fingerprint density at radius 2 is 2.26 bits per heavy atom. The third-order valence-corrected chi connectivity index (χ3v) is 5.31. The van der Waals surface area contributed by atoms with Gasteiger partial charge in [0.05, 0.1) is 6.61 Å². The molecule has 1 amide bonds. The minimum absolute atomic E-state index is 0.0825. The summed E-state index contributed by atoms with van der Waals surface area (Å²) >= 11 is 1.51. The van der Waals surface area contributed by atoms with E-state index in [1.54, 1.807) is 7.11 Å². The molecule has 2 rings (SSSR count). The molecule has 0 aromatic heterocycles. The van der Waals surface area contributed by atoms with Crippen LogP contribution in [0, 0.1) is 11.8 Å². The smallest absolute Gasteiger partial charge is 0.266 e. The van der Waals surface area contributed by atoms with Gasteiger partial charge >= 0.3 is 0 Å². The highest BCUT2D eigenvalue weighted by Gasteiger charge is 2.42. The number of amidine groups is 1. The van der Waals surface area contributed by atoms with Gasteiger partial charge in [-0.05, 0) is 31.6 Å². The van der Waals surface area contributed by atoms with Crippen LogP contribution in [0.3, 0.4) is 0 Å². The van der Waals surface area contributed by atoms with E-state index in [0.29, 0.717) is 18.6 Å². The lowest BCUT2D eigenvalue weighted by Gasteiger charge is -2.22. The van der Waals surface area contributed by atoms with Crippen LogP contribution in [0.15, 0.2) is 4.99 Å². The molecule has 19 heavy (non-hydrogen) atoms. The zero-order chi connectivity index (χ0) is 14.0. The number of aliphatic imine (C=N–C) groups is 1. The van der Waals surface area contributed by atoms with Gasteiger partial charge in [-0.1, -0.05) is 32.0 Å². The summed E-state index contributed by atoms with van der Waals surface area (Å²) in [5.74, 6) is 1.37. The van der Waals surface area contributed by atoms with Gasteiger partial charge in [0.25, 0.3) is 5.91 Å². The average Bonchev–Trinajstić information content (AvgIpc) is 2.81. The van der Waals surface area contributed by atoms with E-state index in [4.69, 9.17) is 4.74 Å². The number of carbonyl (C=O) groups excluding carboxylic acids is 1. The van der Waals surface area contributed by atoms with Crippen molar-refractivity contribution in [3.8, 4) is 0 Å². The normalized spacial score (nSPS) is 38.6. The van der Waals surface area contributed by atoms with E-state index in [-0.39, 0.29) is 5.91 Å². The second-order valence-electron chi connectivity index (χ2n) is 5.98. The van der Waals surface area contributed by atoms with Gasteiger partial charge in [0.1, 0.15) is 4.75 Å². The molecule has 1 heterocycles. The zero-order valence-electron chi connectivity index (χ0n) is 12.2. The van der Waals surface area contributed by atoms with Crippen molar-refractivity contribution in [2.75, 3.05) is 13.7 Å². The zero-order valence-corrected chi connectivity index (χ0v) is 13.0. The maximum Gasteiger partial charge on any atom is 0.266 e. The lowest BCUT2D eigenvalue weighted by Crippen LogP contribution is -2.37. The second-order valence-corrected chi connectivity index (χ2v) is 7.48. The number of thioether (sulfide) groups is 1. The number of nitrogens with one attached hydrogen (secondary N) is 1. The molecular weight excluding hydrogens is 260 g/mol. The van der Waals surface area contributed by atoms with Crippen LogP contribution in [0.4, 0.5) is 0 Å². The summed E-state index contributed by atoms with van der Waals surface area (Å²) < 4.78 is 4.58. The number of rotatable bonds is 4. The van der Waals surface area contributed by atoms with Crippen LogP contribution in [0.25, 0.3) is 0 Å². The molecule has 1 N–H and O–H groups in total. The largest absolute Gasteiger partial charge is 0.383 e. The molecule has 108 valence electrons. The fourth-order valence-corrected chi connectivity index (χ4v) is 4.18. The standard InChI is InChI=1S/C14H24N2O2S/c1-5-10-6-9(2)7-11(10)15-13-16-12(17)14(3,19-13)8-18-4/h9-11H,5-8H2,1-4H3,(H,15,16,17)/t9-,10?,11+,14?/m1/s1. The molecule has 2 unspecified atom stereocenters. The Bertz CT molecular complexity index is 386. The van der Waals surface area contributed by atoms with Crippen LogP contribution in [0.2, 0.25) is 0 Å². The number of amides is 1. The van der Waals surface area contributed by atoms with Gasteiger partial charge in [-0.25, -0.2) is 0 Å². The first-order valence-corrected chi connectivity index (χ1v) is 7.87. The summed E-state index contributed by atoms with van der Waals surface area (Å²) in [5.41, 5.74) is 0. The Kier molecular flexibility index (Phi) is 4.56. The van der Waals surface area contributed by atoms with Gasteiger partial charge in [0.15, 0.2) is 5.17 Å². The molecule has 4 nitrogen and oxygen atoms in total. The highest BCUT2D eigenvalue weighted by atomic mass is 32.2. The number of carbonyl (C=O) groups is 1. The monoisotopic (exact) mass is 284 g/mol. The third kappa shape index (κ3) is 3.14. The molecule has 0 radical (unpaired) electrons. The summed E-state index contributed by atoms with van der Waals surface area (Å²) in [5, 5.41) is 4.27. The van der Waals surface area contributed by atoms with E-state index >= 15 is 0 Å². The fraction of sp³-hybridized carbons (Fsp3) is 0.857. The number of hydrogen-bond donors (Lipinski definition) is 1. The van der Waals surface area contributed by atoms with Crippen LogP contribution in [-0.4, -0.2) is 35.6 Å². The van der Waals surface area contributed by atoms with Crippen molar-refractivity contribution in [2.45, 2.75) is 50.8 Å². The van der Waals surface area contributed by atoms with Gasteiger partial charge in [-0.3, -0.25) is 4.79 Å². The van der Waals surface area contributed by atoms with Gasteiger partial charge in [-0.2, -0.15) is 4.99 Å². The maximum atomic E-state index is 12.0. The number of hydrogen-bond acceptors (Lipinski definition) is 4. The third-order valence-electron chi connectivity index (χ3n) is 4.16. The van der Waals surface area contributed by atoms with E-state index in [2.05, 4.69) is 24.2 Å². The van der Waals surface area contributed by atoms with Crippen molar-refractivity contribution in [3.05, 3.63) is 0 Å². The highest BCUT2D eigenvalue weighted by Crippen LogP contribution is 2.37. The first kappa shape index (κ1) is 14.9. The fourth-order valence-electron chi connectivity index (χ4n) is 3.11. The van der Waals surface area contributed by atoms with Gasteiger partial charge in [0, 0.05) is 13.2 Å². The van der Waals surface area contributed by atoms with Crippen LogP contribution >= 0.6 is 11.8 Å². The Morgan fingerprint density at radius 1 is 1.53 bits per heavy atom. The molecule has 1 aliphatic heterocycles. The van der Waals surface area contributed by atoms with Crippen molar-refractivity contribution < 1.29 is 9.53 Å². The first-order valence-electron chi connectivity index (χ1n) is 7.06. The van der Waals surface area contributed by atoms with Gasteiger partial charge < -0.3 is 10.1 Å². The van der Waals surface area contributed by atoms with E-state index in [1.165, 1.54) is 31.0 Å². The molecule has 0 saturated heterocycles. The number of nitrogens with zero attached hydrogens (tertiary/aromatic N) is 1. The summed E-state index contributed by atoms with van der Waals surface area (Å²) in [6.07, 6.45) is 3.63. The van der Waals surface area contributed by atoms with Gasteiger partial charge in [-0.15, -0.1) is 0 Å². The minimum atomic E-state index is -0.553. The average molecular weight is 284 g/mol. The topological polar surface area (TPSA) is 50.7 Å². The predicted molar refractivity (Wildman–Crippen MR) is 79.4 cm³/mol. The van der Waals surface area contributed by atoms with Crippen molar-refractivity contribution in [2.24, 2.45) is 16.8 Å². The molecule has 1 saturated carbocycles. The van der Waals surface area contributed by atoms with Crippen LogP contribution in [0.1, 0.15) is 40.0 Å². The van der Waals surface area contributed by atoms with E-state index in [0.717, 1.165) is 11.1 Å². The molecule has 1 fully saturated rings. The van der Waals surface area contributed by atoms with E-state index in [1.807, 2.05) is 6.92 Å². The quantitative estimate of drug-likeness (QED) is 0.861. The van der Waals surface area contributed by atoms with Crippen molar-refractivity contribution in [3.63, 3.8) is 0 Å². The molecule has 5 heteroatoms. The summed E-state index contributed by atoms with van der Waals surface area (Å²) in [6, 6.07) is 0.462. The maximum absolute atomic E-state index is 12.0. The summed E-state index contributed by atoms with van der Waals surface area (Å²) in [4.78, 5) is 16.1. The second kappa shape index (κ2) is 5.83. The molecule has 4 atom stereocenters. The molecule has 0 aromatic rings. The van der Waals surface area contributed by atoms with Crippen LogP contribution in [0.5, 0.6) is 0 Å². The highest BCUT2D eigenvalue weighted by molar-refractivity contribution is 8.16. The first-order chi connectivity index (χ1) is 8.98. The Balaban J connectivity index is 1.98. The molecule has 1 aliphatic carbocycles. The Labute approximate surface area is 119 Å². The van der Waals surface area contributed by atoms with Crippen molar-refractivity contribution in [1.29, 1.82) is 0 Å². The lowest BCUT2D eigenvalue weighted by molar-refractivity contribution is -0.120. The molecule has 0 bridgehead atoms. The predicted octanol–water partition coefficient (Wildman–Crippen LogP) is 2.44. The van der Waals surface area contributed by atoms with Crippen LogP contribution < -0.4 is 5.32 Å². The number of methoxy groups -OCH3 is 1. The van der Waals surface area contributed by atoms with E-state index in [9.17, 15) is 4.79 Å². The lowest BCUT2D eigenvalue weighted by atomic mass is 10.0. The molecule has 0 aromatic carbocycles. The molecule has 2 aliphatic rings. The summed E-state index contributed by atoms with van der Waals surface area (Å²) in [6.45, 7) is 6.84. The van der Waals surface area contributed by atoms with Crippen LogP contribution in [-0.2, 0) is 9.53 Å². The number of ether oxygens (including phenoxy) is 1. The SMILES string of the molecule is CCC1C[C@@H](C)C[C@@H]1NC1=NC(=O)C(C)(COC)S1.